The Hall–Kier alpha value is -1.63. The number of hydrogen-bond acceptors (Lipinski definition) is 1. The second-order valence-electron chi connectivity index (χ2n) is 3.98. The standard InChI is InChI=1S/C14H14O/c1-10-3-5-12(6-4-10)14-8-7-13(9-14)11(2)15/h3-8H,9H2,1-2H3. The molecule has 0 amide bonds. The number of benzene rings is 1. The molecule has 1 aromatic rings. The van der Waals surface area contributed by atoms with E-state index in [1.54, 1.807) is 6.92 Å². The van der Waals surface area contributed by atoms with Gasteiger partial charge in [-0.2, -0.15) is 0 Å². The quantitative estimate of drug-likeness (QED) is 0.712. The number of hydrogen-bond donors (Lipinski definition) is 0. The fourth-order valence-electron chi connectivity index (χ4n) is 1.73. The van der Waals surface area contributed by atoms with E-state index in [4.69, 9.17) is 0 Å². The van der Waals surface area contributed by atoms with Crippen molar-refractivity contribution in [2.75, 3.05) is 0 Å². The minimum absolute atomic E-state index is 0.174. The predicted octanol–water partition coefficient (Wildman–Crippen LogP) is 3.30. The van der Waals surface area contributed by atoms with Gasteiger partial charge in [-0.15, -0.1) is 0 Å². The van der Waals surface area contributed by atoms with E-state index in [0.717, 1.165) is 12.0 Å². The van der Waals surface area contributed by atoms with Crippen LogP contribution in [0.2, 0.25) is 0 Å². The van der Waals surface area contributed by atoms with Crippen molar-refractivity contribution in [1.82, 2.24) is 0 Å². The van der Waals surface area contributed by atoms with Crippen LogP contribution in [0, 0.1) is 6.92 Å². The van der Waals surface area contributed by atoms with Gasteiger partial charge < -0.3 is 0 Å². The number of carbonyl (C=O) groups excluding carboxylic acids is 1. The molecular weight excluding hydrogens is 184 g/mol. The summed E-state index contributed by atoms with van der Waals surface area (Å²) in [6, 6.07) is 8.42. The van der Waals surface area contributed by atoms with Crippen molar-refractivity contribution in [1.29, 1.82) is 0 Å². The Kier molecular flexibility index (Phi) is 2.55. The largest absolute Gasteiger partial charge is 0.295 e. The first-order chi connectivity index (χ1) is 7.16. The molecule has 0 saturated carbocycles. The average Bonchev–Trinajstić information content (AvgIpc) is 2.68. The highest BCUT2D eigenvalue weighted by atomic mass is 16.1. The Morgan fingerprint density at radius 2 is 1.80 bits per heavy atom. The van der Waals surface area contributed by atoms with E-state index in [1.807, 2.05) is 12.2 Å². The zero-order chi connectivity index (χ0) is 10.8. The van der Waals surface area contributed by atoms with Gasteiger partial charge in [0.1, 0.15) is 0 Å². The van der Waals surface area contributed by atoms with Crippen molar-refractivity contribution < 1.29 is 4.79 Å². The molecule has 0 fully saturated rings. The molecule has 0 atom stereocenters. The van der Waals surface area contributed by atoms with E-state index in [-0.39, 0.29) is 5.78 Å². The van der Waals surface area contributed by atoms with Crippen LogP contribution in [0.1, 0.15) is 24.5 Å². The SMILES string of the molecule is CC(=O)C1=CC=C(c2ccc(C)cc2)C1. The minimum atomic E-state index is 0.174. The topological polar surface area (TPSA) is 17.1 Å². The number of Topliss-reactive ketones (excluding diaryl/α,β-unsaturated/α-hetero) is 1. The number of carbonyl (C=O) groups is 1. The van der Waals surface area contributed by atoms with Crippen LogP contribution in [0.3, 0.4) is 0 Å². The maximum atomic E-state index is 11.2. The van der Waals surface area contributed by atoms with Crippen LogP contribution in [-0.2, 0) is 4.79 Å². The van der Waals surface area contributed by atoms with E-state index in [0.29, 0.717) is 0 Å². The molecule has 15 heavy (non-hydrogen) atoms. The lowest BCUT2D eigenvalue weighted by molar-refractivity contribution is -0.113. The molecule has 0 radical (unpaired) electrons. The van der Waals surface area contributed by atoms with E-state index in [9.17, 15) is 4.79 Å². The van der Waals surface area contributed by atoms with Crippen LogP contribution in [-0.4, -0.2) is 5.78 Å². The van der Waals surface area contributed by atoms with Crippen LogP contribution in [0.15, 0.2) is 42.0 Å². The molecule has 0 unspecified atom stereocenters. The second kappa shape index (κ2) is 3.85. The first kappa shape index (κ1) is 9.91. The Morgan fingerprint density at radius 3 is 2.33 bits per heavy atom. The van der Waals surface area contributed by atoms with Gasteiger partial charge in [0.05, 0.1) is 0 Å². The molecule has 1 aliphatic carbocycles. The highest BCUT2D eigenvalue weighted by molar-refractivity contribution is 5.98. The number of allylic oxidation sites excluding steroid dienone is 4. The van der Waals surface area contributed by atoms with Gasteiger partial charge in [0, 0.05) is 6.42 Å². The molecule has 0 N–H and O–H groups in total. The maximum Gasteiger partial charge on any atom is 0.156 e. The monoisotopic (exact) mass is 198 g/mol. The molecule has 1 nitrogen and oxygen atoms in total. The minimum Gasteiger partial charge on any atom is -0.295 e. The number of ketones is 1. The van der Waals surface area contributed by atoms with Gasteiger partial charge in [0.2, 0.25) is 0 Å². The highest BCUT2D eigenvalue weighted by Crippen LogP contribution is 2.28. The van der Waals surface area contributed by atoms with E-state index >= 15 is 0 Å². The summed E-state index contributed by atoms with van der Waals surface area (Å²) in [4.78, 5) is 11.2. The molecular formula is C14H14O. The summed E-state index contributed by atoms with van der Waals surface area (Å²) >= 11 is 0. The molecule has 0 spiro atoms. The molecule has 0 heterocycles. The normalized spacial score (nSPS) is 14.8. The average molecular weight is 198 g/mol. The summed E-state index contributed by atoms with van der Waals surface area (Å²) in [6.07, 6.45) is 4.75. The van der Waals surface area contributed by atoms with Crippen molar-refractivity contribution >= 4 is 11.4 Å². The van der Waals surface area contributed by atoms with Crippen LogP contribution >= 0.6 is 0 Å². The molecule has 0 saturated heterocycles. The van der Waals surface area contributed by atoms with Gasteiger partial charge in [-0.25, -0.2) is 0 Å². The second-order valence-corrected chi connectivity index (χ2v) is 3.98. The van der Waals surface area contributed by atoms with Gasteiger partial charge in [0.15, 0.2) is 5.78 Å². The highest BCUT2D eigenvalue weighted by Gasteiger charge is 2.12. The molecule has 76 valence electrons. The first-order valence-corrected chi connectivity index (χ1v) is 5.14. The molecule has 0 aromatic heterocycles. The summed E-state index contributed by atoms with van der Waals surface area (Å²) in [7, 11) is 0. The molecule has 2 rings (SSSR count). The molecule has 1 aromatic carbocycles. The Labute approximate surface area is 90.1 Å². The van der Waals surface area contributed by atoms with Gasteiger partial charge in [-0.1, -0.05) is 42.0 Å². The summed E-state index contributed by atoms with van der Waals surface area (Å²) in [5.74, 6) is 0.174. The molecule has 0 bridgehead atoms. The number of aryl methyl sites for hydroxylation is 1. The lowest BCUT2D eigenvalue weighted by Crippen LogP contribution is -1.94. The third-order valence-electron chi connectivity index (χ3n) is 2.74. The Morgan fingerprint density at radius 1 is 1.13 bits per heavy atom. The van der Waals surface area contributed by atoms with E-state index < -0.39 is 0 Å². The zero-order valence-corrected chi connectivity index (χ0v) is 9.08. The van der Waals surface area contributed by atoms with Gasteiger partial charge >= 0.3 is 0 Å². The van der Waals surface area contributed by atoms with Crippen molar-refractivity contribution in [3.8, 4) is 0 Å². The summed E-state index contributed by atoms with van der Waals surface area (Å²) in [5, 5.41) is 0. The van der Waals surface area contributed by atoms with Crippen molar-refractivity contribution in [2.24, 2.45) is 0 Å². The summed E-state index contributed by atoms with van der Waals surface area (Å²) in [6.45, 7) is 3.70. The third-order valence-corrected chi connectivity index (χ3v) is 2.74. The Balaban J connectivity index is 2.17. The maximum absolute atomic E-state index is 11.2. The molecule has 1 heteroatoms. The Bertz CT molecular complexity index is 447. The van der Waals surface area contributed by atoms with Crippen LogP contribution < -0.4 is 0 Å². The summed E-state index contributed by atoms with van der Waals surface area (Å²) < 4.78 is 0. The van der Waals surface area contributed by atoms with Crippen LogP contribution in [0.5, 0.6) is 0 Å². The molecule has 1 aliphatic rings. The van der Waals surface area contributed by atoms with Gasteiger partial charge in [-0.3, -0.25) is 4.79 Å². The smallest absolute Gasteiger partial charge is 0.156 e. The van der Waals surface area contributed by atoms with Gasteiger partial charge in [-0.05, 0) is 30.6 Å². The van der Waals surface area contributed by atoms with E-state index in [2.05, 4.69) is 31.2 Å². The number of rotatable bonds is 2. The lowest BCUT2D eigenvalue weighted by atomic mass is 10.0. The molecule has 0 aliphatic heterocycles. The lowest BCUT2D eigenvalue weighted by Gasteiger charge is -2.03. The van der Waals surface area contributed by atoms with E-state index in [1.165, 1.54) is 16.7 Å². The van der Waals surface area contributed by atoms with Crippen molar-refractivity contribution in [3.05, 3.63) is 53.1 Å². The fourth-order valence-corrected chi connectivity index (χ4v) is 1.73. The van der Waals surface area contributed by atoms with Gasteiger partial charge in [0.25, 0.3) is 0 Å². The summed E-state index contributed by atoms with van der Waals surface area (Å²) in [5.41, 5.74) is 4.62. The van der Waals surface area contributed by atoms with Crippen molar-refractivity contribution in [2.45, 2.75) is 20.3 Å². The predicted molar refractivity (Wildman–Crippen MR) is 62.5 cm³/mol. The zero-order valence-electron chi connectivity index (χ0n) is 9.08. The first-order valence-electron chi connectivity index (χ1n) is 5.14. The fraction of sp³-hybridized carbons (Fsp3) is 0.214. The third kappa shape index (κ3) is 2.07. The van der Waals surface area contributed by atoms with Crippen LogP contribution in [0.25, 0.3) is 5.57 Å². The van der Waals surface area contributed by atoms with Crippen molar-refractivity contribution in [3.63, 3.8) is 0 Å². The van der Waals surface area contributed by atoms with Crippen LogP contribution in [0.4, 0.5) is 0 Å².